The van der Waals surface area contributed by atoms with Crippen LogP contribution in [-0.4, -0.2) is 34.8 Å². The van der Waals surface area contributed by atoms with Crippen molar-refractivity contribution in [1.29, 1.82) is 0 Å². The highest BCUT2D eigenvalue weighted by atomic mass is 19.3. The van der Waals surface area contributed by atoms with Gasteiger partial charge < -0.3 is 9.84 Å². The number of hydrogen-bond acceptors (Lipinski definition) is 2. The second-order valence-corrected chi connectivity index (χ2v) is 10.3. The van der Waals surface area contributed by atoms with E-state index >= 15 is 0 Å². The fraction of sp³-hybridized carbons (Fsp3) is 1.00. The molecule has 5 aliphatic carbocycles. The van der Waals surface area contributed by atoms with Crippen LogP contribution in [-0.2, 0) is 4.74 Å². The van der Waals surface area contributed by atoms with Gasteiger partial charge in [0.1, 0.15) is 11.2 Å². The van der Waals surface area contributed by atoms with Crippen molar-refractivity contribution in [2.75, 3.05) is 6.61 Å². The zero-order valence-electron chi connectivity index (χ0n) is 16.9. The van der Waals surface area contributed by atoms with E-state index < -0.39 is 23.0 Å². The summed E-state index contributed by atoms with van der Waals surface area (Å²) >= 11 is 0. The maximum absolute atomic E-state index is 14.6. The summed E-state index contributed by atoms with van der Waals surface area (Å²) in [7, 11) is 0. The van der Waals surface area contributed by atoms with Gasteiger partial charge in [-0.15, -0.1) is 0 Å². The number of fused-ring (bicyclic) bond motifs is 3. The zero-order valence-corrected chi connectivity index (χ0v) is 16.9. The molecule has 5 rings (SSSR count). The number of halogens is 4. The number of ether oxygens (including phenoxy) is 1. The van der Waals surface area contributed by atoms with Crippen LogP contribution < -0.4 is 0 Å². The first-order chi connectivity index (χ1) is 13.1. The van der Waals surface area contributed by atoms with Gasteiger partial charge in [-0.2, -0.15) is 17.6 Å². The van der Waals surface area contributed by atoms with Gasteiger partial charge in [-0.1, -0.05) is 19.8 Å². The molecule has 1 N–H and O–H groups in total. The van der Waals surface area contributed by atoms with Crippen LogP contribution in [0.3, 0.4) is 0 Å². The van der Waals surface area contributed by atoms with Gasteiger partial charge in [0.15, 0.2) is 0 Å². The maximum Gasteiger partial charge on any atom is 0.341 e. The molecular weight excluding hydrogens is 372 g/mol. The van der Waals surface area contributed by atoms with Gasteiger partial charge in [0.25, 0.3) is 0 Å². The minimum Gasteiger partial charge on any atom is -0.383 e. The van der Waals surface area contributed by atoms with Crippen LogP contribution in [0.4, 0.5) is 17.6 Å². The molecule has 0 unspecified atom stereocenters. The molecular formula is C22H34F4O2. The lowest BCUT2D eigenvalue weighted by molar-refractivity contribution is -0.403. The van der Waals surface area contributed by atoms with E-state index in [-0.39, 0.29) is 38.2 Å². The van der Waals surface area contributed by atoms with Gasteiger partial charge in [0, 0.05) is 0 Å². The second kappa shape index (κ2) is 7.11. The predicted octanol–water partition coefficient (Wildman–Crippen LogP) is 5.96. The Morgan fingerprint density at radius 3 is 1.79 bits per heavy atom. The smallest absolute Gasteiger partial charge is 0.341 e. The Hall–Kier alpha value is -0.360. The van der Waals surface area contributed by atoms with Crippen molar-refractivity contribution in [2.45, 2.75) is 107 Å². The van der Waals surface area contributed by atoms with Gasteiger partial charge in [0.05, 0.1) is 6.61 Å². The standard InChI is InChI=1S/C22H34F4O2/c1-15-2-6-17(7-3-15)18-8-4-16(5-9-18)14-28-20-12-10-19(27,11-13-20)21(23,24)22(20,25)26/h15-18,27H,2-14H2,1H3. The van der Waals surface area contributed by atoms with Gasteiger partial charge in [0.2, 0.25) is 0 Å². The van der Waals surface area contributed by atoms with E-state index in [4.69, 9.17) is 4.74 Å². The third-order valence-electron chi connectivity index (χ3n) is 8.65. The molecule has 5 saturated carbocycles. The lowest BCUT2D eigenvalue weighted by Crippen LogP contribution is -2.76. The first-order valence-corrected chi connectivity index (χ1v) is 11.2. The number of rotatable bonds is 4. The Morgan fingerprint density at radius 2 is 1.25 bits per heavy atom. The first-order valence-electron chi connectivity index (χ1n) is 11.2. The molecule has 0 saturated heterocycles. The highest BCUT2D eigenvalue weighted by molar-refractivity contribution is 5.20. The first kappa shape index (κ1) is 20.9. The third kappa shape index (κ3) is 3.12. The molecule has 0 aromatic carbocycles. The van der Waals surface area contributed by atoms with Gasteiger partial charge in [-0.3, -0.25) is 0 Å². The molecule has 5 fully saturated rings. The highest BCUT2D eigenvalue weighted by Gasteiger charge is 2.82. The van der Waals surface area contributed by atoms with Crippen molar-refractivity contribution in [3.8, 4) is 0 Å². The minimum atomic E-state index is -4.42. The SMILES string of the molecule is CC1CCC(C2CCC(COC34CCC(O)(CC3)C(F)(F)C4(F)F)CC2)CC1. The van der Waals surface area contributed by atoms with Gasteiger partial charge >= 0.3 is 11.8 Å². The van der Waals surface area contributed by atoms with E-state index in [0.29, 0.717) is 0 Å². The minimum absolute atomic E-state index is 0.137. The molecule has 0 amide bonds. The van der Waals surface area contributed by atoms with Crippen LogP contribution in [0.2, 0.25) is 0 Å². The summed E-state index contributed by atoms with van der Waals surface area (Å²) < 4.78 is 63.5. The Bertz CT molecular complexity index is 555. The average molecular weight is 407 g/mol. The van der Waals surface area contributed by atoms with Gasteiger partial charge in [-0.25, -0.2) is 0 Å². The molecule has 0 aromatic heterocycles. The van der Waals surface area contributed by atoms with E-state index in [1.165, 1.54) is 25.7 Å². The lowest BCUT2D eigenvalue weighted by atomic mass is 9.60. The Balaban J connectivity index is 1.32. The number of aliphatic hydroxyl groups is 1. The molecule has 0 atom stereocenters. The van der Waals surface area contributed by atoms with Crippen LogP contribution in [0.15, 0.2) is 0 Å². The summed E-state index contributed by atoms with van der Waals surface area (Å²) in [6.07, 6.45) is 8.31. The fourth-order valence-corrected chi connectivity index (χ4v) is 6.37. The molecule has 0 spiro atoms. The molecule has 2 bridgehead atoms. The Kier molecular flexibility index (Phi) is 5.30. The number of alkyl halides is 4. The van der Waals surface area contributed by atoms with Crippen molar-refractivity contribution in [3.05, 3.63) is 0 Å². The summed E-state index contributed by atoms with van der Waals surface area (Å²) in [6.45, 7) is 2.46. The molecule has 0 heterocycles. The Morgan fingerprint density at radius 1 is 0.750 bits per heavy atom. The van der Waals surface area contributed by atoms with Crippen LogP contribution >= 0.6 is 0 Å². The summed E-state index contributed by atoms with van der Waals surface area (Å²) in [5.41, 5.74) is -4.70. The average Bonchev–Trinajstić information content (AvgIpc) is 2.67. The van der Waals surface area contributed by atoms with Crippen LogP contribution in [0.1, 0.15) is 84.0 Å². The van der Waals surface area contributed by atoms with E-state index in [2.05, 4.69) is 6.92 Å². The Labute approximate surface area is 165 Å². The van der Waals surface area contributed by atoms with Crippen molar-refractivity contribution in [1.82, 2.24) is 0 Å². The largest absolute Gasteiger partial charge is 0.383 e. The zero-order chi connectivity index (χ0) is 20.2. The molecule has 5 aliphatic rings. The van der Waals surface area contributed by atoms with Crippen LogP contribution in [0.25, 0.3) is 0 Å². The highest BCUT2D eigenvalue weighted by Crippen LogP contribution is 2.64. The topological polar surface area (TPSA) is 29.5 Å². The predicted molar refractivity (Wildman–Crippen MR) is 98.6 cm³/mol. The van der Waals surface area contributed by atoms with E-state index in [0.717, 1.165) is 43.4 Å². The normalized spacial score (nSPS) is 47.8. The van der Waals surface area contributed by atoms with E-state index in [1.54, 1.807) is 0 Å². The molecule has 28 heavy (non-hydrogen) atoms. The molecule has 0 radical (unpaired) electrons. The lowest BCUT2D eigenvalue weighted by Gasteiger charge is -2.58. The van der Waals surface area contributed by atoms with Gasteiger partial charge in [-0.05, 0) is 87.9 Å². The molecule has 162 valence electrons. The van der Waals surface area contributed by atoms with Crippen molar-refractivity contribution < 1.29 is 27.4 Å². The van der Waals surface area contributed by atoms with Crippen molar-refractivity contribution in [2.24, 2.45) is 23.7 Å². The summed E-state index contributed by atoms with van der Waals surface area (Å²) in [5.74, 6) is -6.20. The number of hydrogen-bond donors (Lipinski definition) is 1. The summed E-state index contributed by atoms with van der Waals surface area (Å²) in [4.78, 5) is 0. The molecule has 2 nitrogen and oxygen atoms in total. The van der Waals surface area contributed by atoms with Crippen molar-refractivity contribution in [3.63, 3.8) is 0 Å². The van der Waals surface area contributed by atoms with E-state index in [9.17, 15) is 22.7 Å². The quantitative estimate of drug-likeness (QED) is 0.584. The third-order valence-corrected chi connectivity index (χ3v) is 8.65. The summed E-state index contributed by atoms with van der Waals surface area (Å²) in [6, 6.07) is 0. The molecule has 6 heteroatoms. The fourth-order valence-electron chi connectivity index (χ4n) is 6.37. The van der Waals surface area contributed by atoms with Crippen LogP contribution in [0, 0.1) is 23.7 Å². The monoisotopic (exact) mass is 406 g/mol. The van der Waals surface area contributed by atoms with Crippen molar-refractivity contribution >= 4 is 0 Å². The van der Waals surface area contributed by atoms with Crippen LogP contribution in [0.5, 0.6) is 0 Å². The molecule has 0 aromatic rings. The maximum atomic E-state index is 14.6. The summed E-state index contributed by atoms with van der Waals surface area (Å²) in [5, 5.41) is 10.00. The van der Waals surface area contributed by atoms with E-state index in [1.807, 2.05) is 0 Å². The second-order valence-electron chi connectivity index (χ2n) is 10.3. The molecule has 0 aliphatic heterocycles.